The third-order valence-corrected chi connectivity index (χ3v) is 4.30. The van der Waals surface area contributed by atoms with Crippen LogP contribution in [-0.2, 0) is 0 Å². The summed E-state index contributed by atoms with van der Waals surface area (Å²) < 4.78 is 5.61. The number of pyridine rings is 1. The average molecular weight is 337 g/mol. The van der Waals surface area contributed by atoms with E-state index in [0.29, 0.717) is 36.7 Å². The van der Waals surface area contributed by atoms with Gasteiger partial charge in [-0.2, -0.15) is 0 Å². The topological polar surface area (TPSA) is 74.0 Å². The summed E-state index contributed by atoms with van der Waals surface area (Å²) in [5, 5.41) is 3.25. The molecule has 2 aromatic heterocycles. The molecule has 7 nitrogen and oxygen atoms in total. The molecule has 2 aliphatic heterocycles. The lowest BCUT2D eigenvalue weighted by atomic mass is 10.1. The monoisotopic (exact) mass is 337 g/mol. The number of aliphatic imine (C=N–C) groups is 1. The van der Waals surface area contributed by atoms with Crippen LogP contribution >= 0.6 is 0 Å². The number of amides is 1. The molecule has 0 spiro atoms. The summed E-state index contributed by atoms with van der Waals surface area (Å²) in [6.45, 7) is 3.68. The van der Waals surface area contributed by atoms with E-state index in [1.54, 1.807) is 24.7 Å². The number of nitrogens with one attached hydrogen (secondary N) is 1. The van der Waals surface area contributed by atoms with E-state index < -0.39 is 0 Å². The second-order valence-electron chi connectivity index (χ2n) is 5.90. The molecule has 1 N–H and O–H groups in total. The number of anilines is 1. The molecule has 4 rings (SSSR count). The molecule has 1 amide bonds. The summed E-state index contributed by atoms with van der Waals surface area (Å²) in [7, 11) is 0. The molecule has 2 aromatic rings. The van der Waals surface area contributed by atoms with Gasteiger partial charge in [0.2, 0.25) is 0 Å². The van der Waals surface area contributed by atoms with Crippen molar-refractivity contribution in [2.45, 2.75) is 0 Å². The summed E-state index contributed by atoms with van der Waals surface area (Å²) >= 11 is 0. The van der Waals surface area contributed by atoms with Gasteiger partial charge in [0, 0.05) is 44.8 Å². The maximum Gasteiger partial charge on any atom is 0.257 e. The fraction of sp³-hybridized carbons (Fsp3) is 0.278. The zero-order valence-corrected chi connectivity index (χ0v) is 13.8. The molecule has 0 saturated carbocycles. The van der Waals surface area contributed by atoms with Crippen LogP contribution in [0.1, 0.15) is 16.1 Å². The van der Waals surface area contributed by atoms with Gasteiger partial charge in [-0.25, -0.2) is 0 Å². The minimum atomic E-state index is -0.0140. The first-order valence-electron chi connectivity index (χ1n) is 8.32. The molecule has 128 valence electrons. The molecule has 2 aliphatic rings. The van der Waals surface area contributed by atoms with Crippen molar-refractivity contribution < 1.29 is 9.21 Å². The Kier molecular flexibility index (Phi) is 4.30. The van der Waals surface area contributed by atoms with Crippen LogP contribution in [-0.4, -0.2) is 54.7 Å². The normalized spacial score (nSPS) is 17.5. The van der Waals surface area contributed by atoms with Crippen molar-refractivity contribution >= 4 is 23.5 Å². The summed E-state index contributed by atoms with van der Waals surface area (Å²) in [5.74, 6) is 0.494. The highest BCUT2D eigenvalue weighted by molar-refractivity contribution is 5.99. The summed E-state index contributed by atoms with van der Waals surface area (Å²) in [4.78, 5) is 25.3. The Morgan fingerprint density at radius 3 is 2.92 bits per heavy atom. The number of furan rings is 1. The summed E-state index contributed by atoms with van der Waals surface area (Å²) in [5.41, 5.74) is 2.16. The molecular formula is C18H19N5O2. The number of hydrogen-bond acceptors (Lipinski definition) is 6. The van der Waals surface area contributed by atoms with E-state index in [1.165, 1.54) is 0 Å². The highest BCUT2D eigenvalue weighted by Crippen LogP contribution is 2.27. The van der Waals surface area contributed by atoms with Gasteiger partial charge in [0.1, 0.15) is 5.70 Å². The number of aromatic nitrogens is 1. The first kappa shape index (κ1) is 15.6. The molecule has 25 heavy (non-hydrogen) atoms. The van der Waals surface area contributed by atoms with Gasteiger partial charge in [-0.3, -0.25) is 14.8 Å². The lowest BCUT2D eigenvalue weighted by Gasteiger charge is -2.27. The Morgan fingerprint density at radius 2 is 2.12 bits per heavy atom. The lowest BCUT2D eigenvalue weighted by Crippen LogP contribution is -2.46. The van der Waals surface area contributed by atoms with Gasteiger partial charge in [0.05, 0.1) is 30.3 Å². The van der Waals surface area contributed by atoms with Crippen molar-refractivity contribution in [1.82, 2.24) is 15.2 Å². The molecule has 1 saturated heterocycles. The SMILES string of the molecule is O=C(c1ccoc1C1=CN(c2cccnc2)CC=N1)N1CCNCC1. The third-order valence-electron chi connectivity index (χ3n) is 4.30. The highest BCUT2D eigenvalue weighted by atomic mass is 16.3. The maximum atomic E-state index is 12.8. The van der Waals surface area contributed by atoms with Crippen molar-refractivity contribution in [2.75, 3.05) is 37.6 Å². The molecule has 0 radical (unpaired) electrons. The van der Waals surface area contributed by atoms with Crippen LogP contribution in [0.5, 0.6) is 0 Å². The van der Waals surface area contributed by atoms with Crippen LogP contribution < -0.4 is 10.2 Å². The molecule has 0 unspecified atom stereocenters. The Hall–Kier alpha value is -2.93. The molecule has 4 heterocycles. The van der Waals surface area contributed by atoms with Crippen LogP contribution in [0.25, 0.3) is 5.70 Å². The van der Waals surface area contributed by atoms with Gasteiger partial charge in [-0.1, -0.05) is 0 Å². The molecule has 0 aromatic carbocycles. The van der Waals surface area contributed by atoms with Gasteiger partial charge in [-0.15, -0.1) is 0 Å². The Morgan fingerprint density at radius 1 is 1.24 bits per heavy atom. The van der Waals surface area contributed by atoms with Gasteiger partial charge in [0.25, 0.3) is 5.91 Å². The third kappa shape index (κ3) is 3.18. The second kappa shape index (κ2) is 6.90. The minimum absolute atomic E-state index is 0.0140. The Labute approximate surface area is 145 Å². The smallest absolute Gasteiger partial charge is 0.257 e. The Bertz CT molecular complexity index is 806. The van der Waals surface area contributed by atoms with E-state index in [2.05, 4.69) is 15.3 Å². The van der Waals surface area contributed by atoms with Crippen molar-refractivity contribution in [2.24, 2.45) is 4.99 Å². The number of nitrogens with zero attached hydrogens (tertiary/aromatic N) is 4. The van der Waals surface area contributed by atoms with Crippen LogP contribution in [0.3, 0.4) is 0 Å². The quantitative estimate of drug-likeness (QED) is 0.921. The molecular weight excluding hydrogens is 318 g/mol. The first-order valence-corrected chi connectivity index (χ1v) is 8.32. The molecule has 7 heteroatoms. The zero-order chi connectivity index (χ0) is 17.1. The van der Waals surface area contributed by atoms with E-state index in [1.807, 2.05) is 34.3 Å². The van der Waals surface area contributed by atoms with E-state index in [4.69, 9.17) is 4.42 Å². The lowest BCUT2D eigenvalue weighted by molar-refractivity contribution is 0.0734. The Balaban J connectivity index is 1.62. The molecule has 0 bridgehead atoms. The maximum absolute atomic E-state index is 12.8. The number of hydrogen-bond donors (Lipinski definition) is 1. The van der Waals surface area contributed by atoms with Gasteiger partial charge in [0.15, 0.2) is 5.76 Å². The number of rotatable bonds is 3. The molecule has 1 fully saturated rings. The van der Waals surface area contributed by atoms with Crippen LogP contribution in [0.2, 0.25) is 0 Å². The van der Waals surface area contributed by atoms with Crippen LogP contribution in [0, 0.1) is 0 Å². The van der Waals surface area contributed by atoms with Crippen molar-refractivity contribution in [3.8, 4) is 0 Å². The number of carbonyl (C=O) groups excluding carboxylic acids is 1. The van der Waals surface area contributed by atoms with Gasteiger partial charge < -0.3 is 19.5 Å². The average Bonchev–Trinajstić information content (AvgIpc) is 3.19. The van der Waals surface area contributed by atoms with Crippen LogP contribution in [0.4, 0.5) is 5.69 Å². The van der Waals surface area contributed by atoms with Crippen molar-refractivity contribution in [3.63, 3.8) is 0 Å². The van der Waals surface area contributed by atoms with E-state index in [-0.39, 0.29) is 5.91 Å². The summed E-state index contributed by atoms with van der Waals surface area (Å²) in [6, 6.07) is 5.59. The van der Waals surface area contributed by atoms with E-state index in [0.717, 1.165) is 18.8 Å². The zero-order valence-electron chi connectivity index (χ0n) is 13.8. The van der Waals surface area contributed by atoms with Crippen LogP contribution in [0.15, 0.2) is 52.5 Å². The number of piperazine rings is 1. The summed E-state index contributed by atoms with van der Waals surface area (Å²) in [6.07, 6.45) is 8.78. The van der Waals surface area contributed by atoms with Gasteiger partial charge in [-0.05, 0) is 18.2 Å². The molecule has 0 aliphatic carbocycles. The highest BCUT2D eigenvalue weighted by Gasteiger charge is 2.25. The molecule has 0 atom stereocenters. The van der Waals surface area contributed by atoms with Crippen molar-refractivity contribution in [1.29, 1.82) is 0 Å². The predicted octanol–water partition coefficient (Wildman–Crippen LogP) is 1.61. The van der Waals surface area contributed by atoms with Crippen molar-refractivity contribution in [3.05, 3.63) is 54.4 Å². The number of carbonyl (C=O) groups is 1. The largest absolute Gasteiger partial charge is 0.462 e. The second-order valence-corrected chi connectivity index (χ2v) is 5.90. The fourth-order valence-corrected chi connectivity index (χ4v) is 3.00. The van der Waals surface area contributed by atoms with Gasteiger partial charge >= 0.3 is 0 Å². The minimum Gasteiger partial charge on any atom is -0.462 e. The van der Waals surface area contributed by atoms with E-state index >= 15 is 0 Å². The van der Waals surface area contributed by atoms with E-state index in [9.17, 15) is 4.79 Å². The standard InChI is InChI=1S/C18H19N5O2/c24-18(22-8-5-19-6-9-22)15-3-11-25-17(15)16-13-23(10-7-21-16)14-2-1-4-20-12-14/h1-4,7,11-13,19H,5-6,8-10H2. The first-order chi connectivity index (χ1) is 12.3. The predicted molar refractivity (Wildman–Crippen MR) is 95.5 cm³/mol. The fourth-order valence-electron chi connectivity index (χ4n) is 3.00.